The summed E-state index contributed by atoms with van der Waals surface area (Å²) in [5.74, 6) is 0.890. The number of nitriles is 1. The van der Waals surface area contributed by atoms with Gasteiger partial charge in [0.15, 0.2) is 0 Å². The predicted molar refractivity (Wildman–Crippen MR) is 106 cm³/mol. The largest absolute Gasteiger partial charge is 0.338 e. The van der Waals surface area contributed by atoms with E-state index in [0.29, 0.717) is 11.6 Å². The Bertz CT molecular complexity index is 835. The molecule has 0 spiro atoms. The molecule has 6 heteroatoms. The van der Waals surface area contributed by atoms with Crippen LogP contribution in [-0.4, -0.2) is 54.1 Å². The molecule has 140 valence electrons. The minimum atomic E-state index is 0.432. The fraction of sp³-hybridized carbons (Fsp3) is 0.476. The maximum atomic E-state index is 9.03. The third-order valence-electron chi connectivity index (χ3n) is 5.57. The highest BCUT2D eigenvalue weighted by molar-refractivity contribution is 5.36. The average molecular weight is 362 g/mol. The quantitative estimate of drug-likeness (QED) is 0.894. The van der Waals surface area contributed by atoms with E-state index in [9.17, 15) is 0 Å². The molecule has 1 aromatic carbocycles. The van der Waals surface area contributed by atoms with E-state index in [1.54, 1.807) is 0 Å². The molecule has 1 unspecified atom stereocenters. The number of anilines is 1. The zero-order chi connectivity index (χ0) is 18.6. The van der Waals surface area contributed by atoms with Crippen LogP contribution in [0.2, 0.25) is 0 Å². The number of aryl methyl sites for hydroxylation is 1. The number of hydrogen-bond donors (Lipinski definition) is 1. The van der Waals surface area contributed by atoms with Crippen LogP contribution < -0.4 is 10.2 Å². The highest BCUT2D eigenvalue weighted by atomic mass is 15.3. The van der Waals surface area contributed by atoms with Gasteiger partial charge in [0.05, 0.1) is 11.6 Å². The molecule has 1 N–H and O–H groups in total. The van der Waals surface area contributed by atoms with Crippen molar-refractivity contribution in [3.63, 3.8) is 0 Å². The van der Waals surface area contributed by atoms with Crippen LogP contribution in [0, 0.1) is 11.3 Å². The molecule has 1 atom stereocenters. The number of rotatable bonds is 4. The van der Waals surface area contributed by atoms with E-state index in [1.807, 2.05) is 24.4 Å². The van der Waals surface area contributed by atoms with Crippen molar-refractivity contribution >= 4 is 5.95 Å². The van der Waals surface area contributed by atoms with E-state index < -0.39 is 0 Å². The van der Waals surface area contributed by atoms with Gasteiger partial charge in [-0.05, 0) is 49.6 Å². The number of likely N-dealkylation sites (N-methyl/N-ethyl adjacent to an activating group) is 1. The van der Waals surface area contributed by atoms with Crippen molar-refractivity contribution in [3.8, 4) is 6.07 Å². The molecule has 2 aliphatic rings. The molecule has 0 radical (unpaired) electrons. The summed E-state index contributed by atoms with van der Waals surface area (Å²) in [6.45, 7) is 4.93. The van der Waals surface area contributed by atoms with Crippen molar-refractivity contribution in [1.29, 1.82) is 5.26 Å². The van der Waals surface area contributed by atoms with Crippen LogP contribution in [0.3, 0.4) is 0 Å². The lowest BCUT2D eigenvalue weighted by molar-refractivity contribution is 0.311. The average Bonchev–Trinajstić information content (AvgIpc) is 2.72. The molecule has 27 heavy (non-hydrogen) atoms. The molecule has 2 heterocycles. The van der Waals surface area contributed by atoms with Crippen molar-refractivity contribution in [2.45, 2.75) is 31.8 Å². The normalized spacial score (nSPS) is 20.1. The number of fused-ring (bicyclic) bond motifs is 1. The molecule has 1 aromatic heterocycles. The summed E-state index contributed by atoms with van der Waals surface area (Å²) in [6, 6.07) is 10.4. The first-order valence-corrected chi connectivity index (χ1v) is 9.72. The summed E-state index contributed by atoms with van der Waals surface area (Å²) in [7, 11) is 2.16. The minimum Gasteiger partial charge on any atom is -0.338 e. The molecular formula is C21H26N6. The second-order valence-corrected chi connectivity index (χ2v) is 7.57. The molecule has 1 saturated heterocycles. The lowest BCUT2D eigenvalue weighted by Crippen LogP contribution is -2.45. The fourth-order valence-electron chi connectivity index (χ4n) is 3.84. The maximum absolute atomic E-state index is 9.03. The topological polar surface area (TPSA) is 68.1 Å². The number of nitrogens with one attached hydrogen (secondary N) is 1. The Morgan fingerprint density at radius 1 is 1.26 bits per heavy atom. The standard InChI is InChI=1S/C21H26N6/c1-26-7-9-27(10-8-26)21-24-15-18-12-19(5-6-20(18)25-21)23-14-17-4-2-3-16(11-17)13-22/h2-4,11,15,19,23H,5-10,12,14H2,1H3. The van der Waals surface area contributed by atoms with Gasteiger partial charge in [-0.25, -0.2) is 9.97 Å². The monoisotopic (exact) mass is 362 g/mol. The lowest BCUT2D eigenvalue weighted by atomic mass is 9.92. The summed E-state index contributed by atoms with van der Waals surface area (Å²) in [6.07, 6.45) is 5.08. The van der Waals surface area contributed by atoms with Gasteiger partial charge in [0, 0.05) is 50.7 Å². The maximum Gasteiger partial charge on any atom is 0.225 e. The van der Waals surface area contributed by atoms with Crippen LogP contribution in [0.25, 0.3) is 0 Å². The van der Waals surface area contributed by atoms with Gasteiger partial charge in [0.2, 0.25) is 5.95 Å². The zero-order valence-corrected chi connectivity index (χ0v) is 15.9. The molecule has 2 aromatic rings. The van der Waals surface area contributed by atoms with E-state index in [4.69, 9.17) is 10.2 Å². The van der Waals surface area contributed by atoms with Crippen LogP contribution in [0.5, 0.6) is 0 Å². The van der Waals surface area contributed by atoms with Crippen LogP contribution in [0.4, 0.5) is 5.95 Å². The molecule has 6 nitrogen and oxygen atoms in total. The van der Waals surface area contributed by atoms with Gasteiger partial charge in [-0.1, -0.05) is 12.1 Å². The van der Waals surface area contributed by atoms with Crippen molar-refractivity contribution in [3.05, 3.63) is 52.8 Å². The highest BCUT2D eigenvalue weighted by Crippen LogP contribution is 2.22. The van der Waals surface area contributed by atoms with Gasteiger partial charge in [-0.2, -0.15) is 5.26 Å². The summed E-state index contributed by atoms with van der Waals surface area (Å²) in [5, 5.41) is 12.7. The van der Waals surface area contributed by atoms with E-state index in [0.717, 1.165) is 63.5 Å². The number of hydrogen-bond acceptors (Lipinski definition) is 6. The van der Waals surface area contributed by atoms with Gasteiger partial charge >= 0.3 is 0 Å². The highest BCUT2D eigenvalue weighted by Gasteiger charge is 2.22. The van der Waals surface area contributed by atoms with E-state index in [2.05, 4.69) is 39.3 Å². The lowest BCUT2D eigenvalue weighted by Gasteiger charge is -2.33. The minimum absolute atomic E-state index is 0.432. The smallest absolute Gasteiger partial charge is 0.225 e. The molecule has 1 aliphatic heterocycles. The first kappa shape index (κ1) is 17.9. The Labute approximate surface area is 160 Å². The Balaban J connectivity index is 1.36. The van der Waals surface area contributed by atoms with Crippen LogP contribution >= 0.6 is 0 Å². The molecule has 1 fully saturated rings. The van der Waals surface area contributed by atoms with Gasteiger partial charge in [0.1, 0.15) is 0 Å². The molecule has 0 amide bonds. The second kappa shape index (κ2) is 8.03. The van der Waals surface area contributed by atoms with E-state index >= 15 is 0 Å². The van der Waals surface area contributed by atoms with Crippen LogP contribution in [0.15, 0.2) is 30.5 Å². The number of nitrogens with zero attached hydrogens (tertiary/aromatic N) is 5. The van der Waals surface area contributed by atoms with Gasteiger partial charge in [-0.3, -0.25) is 0 Å². The van der Waals surface area contributed by atoms with Crippen LogP contribution in [-0.2, 0) is 19.4 Å². The second-order valence-electron chi connectivity index (χ2n) is 7.57. The van der Waals surface area contributed by atoms with Crippen molar-refractivity contribution in [2.75, 3.05) is 38.1 Å². The first-order chi connectivity index (χ1) is 13.2. The number of piperazine rings is 1. The van der Waals surface area contributed by atoms with Crippen molar-refractivity contribution in [1.82, 2.24) is 20.2 Å². The Hall–Kier alpha value is -2.49. The Morgan fingerprint density at radius 3 is 2.93 bits per heavy atom. The molecule has 4 rings (SSSR count). The van der Waals surface area contributed by atoms with E-state index in [1.165, 1.54) is 11.3 Å². The first-order valence-electron chi connectivity index (χ1n) is 9.72. The SMILES string of the molecule is CN1CCN(c2ncc3c(n2)CCC(NCc2cccc(C#N)c2)C3)CC1. The fourth-order valence-corrected chi connectivity index (χ4v) is 3.84. The van der Waals surface area contributed by atoms with Gasteiger partial charge in [-0.15, -0.1) is 0 Å². The number of aromatic nitrogens is 2. The summed E-state index contributed by atoms with van der Waals surface area (Å²) in [4.78, 5) is 14.2. The number of benzene rings is 1. The van der Waals surface area contributed by atoms with Gasteiger partial charge < -0.3 is 15.1 Å². The molecule has 0 bridgehead atoms. The molecule has 1 aliphatic carbocycles. The van der Waals surface area contributed by atoms with Crippen molar-refractivity contribution in [2.24, 2.45) is 0 Å². The molecule has 0 saturated carbocycles. The Kier molecular flexibility index (Phi) is 5.33. The van der Waals surface area contributed by atoms with Crippen LogP contribution in [0.1, 0.15) is 28.8 Å². The van der Waals surface area contributed by atoms with E-state index in [-0.39, 0.29) is 0 Å². The van der Waals surface area contributed by atoms with Crippen molar-refractivity contribution < 1.29 is 0 Å². The summed E-state index contributed by atoms with van der Waals surface area (Å²) in [5.41, 5.74) is 4.35. The summed E-state index contributed by atoms with van der Waals surface area (Å²) >= 11 is 0. The zero-order valence-electron chi connectivity index (χ0n) is 15.9. The molecular weight excluding hydrogens is 336 g/mol. The third kappa shape index (κ3) is 4.26. The Morgan fingerprint density at radius 2 is 2.11 bits per heavy atom. The van der Waals surface area contributed by atoms with Gasteiger partial charge in [0.25, 0.3) is 0 Å². The summed E-state index contributed by atoms with van der Waals surface area (Å²) < 4.78 is 0. The predicted octanol–water partition coefficient (Wildman–Crippen LogP) is 1.75. The third-order valence-corrected chi connectivity index (χ3v) is 5.57.